The van der Waals surface area contributed by atoms with Gasteiger partial charge in [-0.1, -0.05) is 18.2 Å². The van der Waals surface area contributed by atoms with E-state index in [2.05, 4.69) is 10.3 Å². The molecule has 14 heteroatoms. The molecule has 0 atom stereocenters. The number of piperidine rings is 1. The highest BCUT2D eigenvalue weighted by atomic mass is 19.1. The normalized spacial score (nSPS) is 15.7. The first kappa shape index (κ1) is 28.0. The monoisotopic (exact) mass is 590 g/mol. The highest BCUT2D eigenvalue weighted by Gasteiger charge is 2.39. The number of aromatic nitrogens is 2. The van der Waals surface area contributed by atoms with Crippen molar-refractivity contribution in [2.45, 2.75) is 19.4 Å². The highest BCUT2D eigenvalue weighted by Crippen LogP contribution is 2.33. The Balaban J connectivity index is 1.16. The number of non-ortho nitro benzene ring substituents is 1. The summed E-state index contributed by atoms with van der Waals surface area (Å²) in [4.78, 5) is 54.5. The number of likely N-dealkylation sites (tertiary alicyclic amines) is 1. The number of hydrogen-bond acceptors (Lipinski definition) is 9. The minimum Gasteiger partial charge on any atom is -0.305 e. The lowest BCUT2D eigenvalue weighted by molar-refractivity contribution is -0.383. The molecule has 0 aliphatic carbocycles. The first-order valence-corrected chi connectivity index (χ1v) is 13.5. The minimum absolute atomic E-state index is 0.00406. The zero-order valence-electron chi connectivity index (χ0n) is 22.6. The molecule has 12 nitrogen and oxygen atoms in total. The topological polar surface area (TPSA) is 143 Å². The number of halogens is 2. The van der Waals surface area contributed by atoms with Gasteiger partial charge in [0.15, 0.2) is 5.52 Å². The third kappa shape index (κ3) is 5.32. The average molecular weight is 591 g/mol. The summed E-state index contributed by atoms with van der Waals surface area (Å²) < 4.78 is 32.5. The van der Waals surface area contributed by atoms with E-state index in [0.29, 0.717) is 31.5 Å². The van der Waals surface area contributed by atoms with E-state index in [1.54, 1.807) is 0 Å². The van der Waals surface area contributed by atoms with Gasteiger partial charge in [-0.25, -0.2) is 13.4 Å². The zero-order valence-corrected chi connectivity index (χ0v) is 22.6. The van der Waals surface area contributed by atoms with Gasteiger partial charge in [-0.2, -0.15) is 0 Å². The van der Waals surface area contributed by atoms with Crippen LogP contribution in [0.3, 0.4) is 0 Å². The lowest BCUT2D eigenvalue weighted by atomic mass is 9.96. The molecule has 0 saturated carbocycles. The molecule has 6 rings (SSSR count). The number of nitro benzene ring substituents is 1. The third-order valence-electron chi connectivity index (χ3n) is 7.87. The van der Waals surface area contributed by atoms with Crippen LogP contribution in [0.2, 0.25) is 0 Å². The zero-order chi connectivity index (χ0) is 30.2. The Morgan fingerprint density at radius 2 is 1.72 bits per heavy atom. The molecule has 2 aliphatic rings. The number of rotatable bonds is 8. The molecular formula is C29H24F2N6O6. The van der Waals surface area contributed by atoms with Gasteiger partial charge in [0.2, 0.25) is 11.4 Å². The van der Waals surface area contributed by atoms with Crippen LogP contribution in [0.1, 0.15) is 39.1 Å². The van der Waals surface area contributed by atoms with Crippen LogP contribution in [0.5, 0.6) is 0 Å². The number of carbonyl (C=O) groups is 3. The second-order valence-electron chi connectivity index (χ2n) is 10.5. The van der Waals surface area contributed by atoms with Crippen LogP contribution in [0.15, 0.2) is 59.2 Å². The maximum Gasteiger partial charge on any atom is 0.300 e. The van der Waals surface area contributed by atoms with Crippen LogP contribution in [0, 0.1) is 27.7 Å². The van der Waals surface area contributed by atoms with Crippen LogP contribution in [0.4, 0.5) is 20.2 Å². The Morgan fingerprint density at radius 3 is 2.42 bits per heavy atom. The van der Waals surface area contributed by atoms with E-state index in [4.69, 9.17) is 4.63 Å². The molecule has 3 amide bonds. The Hall–Kier alpha value is -5.11. The van der Waals surface area contributed by atoms with Crippen LogP contribution in [-0.2, 0) is 11.3 Å². The van der Waals surface area contributed by atoms with Crippen molar-refractivity contribution in [1.82, 2.24) is 20.1 Å². The van der Waals surface area contributed by atoms with Crippen molar-refractivity contribution in [2.75, 3.05) is 31.1 Å². The molecule has 1 aromatic heterocycles. The summed E-state index contributed by atoms with van der Waals surface area (Å²) in [5.41, 5.74) is 0.361. The van der Waals surface area contributed by atoms with Crippen LogP contribution in [0.25, 0.3) is 11.0 Å². The van der Waals surface area contributed by atoms with Gasteiger partial charge >= 0.3 is 5.69 Å². The Morgan fingerprint density at radius 1 is 1.00 bits per heavy atom. The molecule has 3 aromatic carbocycles. The predicted octanol–water partition coefficient (Wildman–Crippen LogP) is 3.95. The lowest BCUT2D eigenvalue weighted by Gasteiger charge is -2.34. The molecule has 2 aliphatic heterocycles. The molecule has 3 heterocycles. The van der Waals surface area contributed by atoms with E-state index in [-0.39, 0.29) is 65.0 Å². The summed E-state index contributed by atoms with van der Waals surface area (Å²) in [7, 11) is 0. The van der Waals surface area contributed by atoms with E-state index in [9.17, 15) is 33.3 Å². The molecule has 0 N–H and O–H groups in total. The van der Waals surface area contributed by atoms with E-state index in [1.165, 1.54) is 53.4 Å². The second kappa shape index (κ2) is 11.3. The summed E-state index contributed by atoms with van der Waals surface area (Å²) in [6.45, 7) is 1.19. The van der Waals surface area contributed by atoms with Gasteiger partial charge in [0.05, 0.1) is 34.8 Å². The van der Waals surface area contributed by atoms with E-state index < -0.39 is 28.4 Å². The van der Waals surface area contributed by atoms with Crippen molar-refractivity contribution in [3.05, 3.63) is 93.0 Å². The molecular weight excluding hydrogens is 566 g/mol. The smallest absolute Gasteiger partial charge is 0.300 e. The Bertz CT molecular complexity index is 1750. The molecule has 0 unspecified atom stereocenters. The number of amides is 3. The fourth-order valence-electron chi connectivity index (χ4n) is 5.61. The number of fused-ring (bicyclic) bond motifs is 2. The molecule has 1 fully saturated rings. The van der Waals surface area contributed by atoms with Crippen molar-refractivity contribution >= 4 is 40.1 Å². The van der Waals surface area contributed by atoms with Gasteiger partial charge in [0.1, 0.15) is 11.6 Å². The number of hydrogen-bond donors (Lipinski definition) is 0. The summed E-state index contributed by atoms with van der Waals surface area (Å²) in [5.74, 6) is -2.66. The third-order valence-corrected chi connectivity index (χ3v) is 7.87. The predicted molar refractivity (Wildman–Crippen MR) is 147 cm³/mol. The van der Waals surface area contributed by atoms with Crippen molar-refractivity contribution < 1.29 is 32.7 Å². The minimum atomic E-state index is -0.719. The van der Waals surface area contributed by atoms with Gasteiger partial charge in [0.25, 0.3) is 11.8 Å². The lowest BCUT2D eigenvalue weighted by Crippen LogP contribution is -2.45. The van der Waals surface area contributed by atoms with E-state index >= 15 is 0 Å². The maximum absolute atomic E-state index is 14.2. The quantitative estimate of drug-likeness (QED) is 0.169. The Kier molecular flexibility index (Phi) is 7.36. The molecule has 0 bridgehead atoms. The van der Waals surface area contributed by atoms with Gasteiger partial charge in [-0.3, -0.25) is 34.3 Å². The van der Waals surface area contributed by atoms with Crippen LogP contribution >= 0.6 is 0 Å². The van der Waals surface area contributed by atoms with Crippen molar-refractivity contribution in [1.29, 1.82) is 0 Å². The SMILES string of the molecule is O=C1c2cccc(F)c2C(=O)N1CC1CCN(CC(=O)N(Cc2ccc(F)cc2)c2ccc([N+](=O)[O-])c3nonc23)CC1. The molecule has 4 aromatic rings. The number of carbonyl (C=O) groups excluding carboxylic acids is 3. The summed E-state index contributed by atoms with van der Waals surface area (Å²) in [5, 5.41) is 18.9. The Labute approximate surface area is 242 Å². The summed E-state index contributed by atoms with van der Waals surface area (Å²) in [6.07, 6.45) is 1.19. The number of anilines is 1. The largest absolute Gasteiger partial charge is 0.305 e. The van der Waals surface area contributed by atoms with Gasteiger partial charge < -0.3 is 4.90 Å². The number of benzene rings is 3. The molecule has 0 radical (unpaired) electrons. The standard InChI is InChI=1S/C29H24F2N6O6/c30-19-6-4-17(5-7-19)14-35(22-8-9-23(37(41)42)27-26(22)32-43-33-27)24(38)16-34-12-10-18(11-13-34)15-36-28(39)20-2-1-3-21(31)25(20)29(36)40/h1-9,18H,10-16H2. The first-order valence-electron chi connectivity index (χ1n) is 13.5. The molecule has 220 valence electrons. The molecule has 0 spiro atoms. The maximum atomic E-state index is 14.2. The van der Waals surface area contributed by atoms with E-state index in [0.717, 1.165) is 11.0 Å². The van der Waals surface area contributed by atoms with Gasteiger partial charge in [-0.05, 0) is 78.1 Å². The van der Waals surface area contributed by atoms with E-state index in [1.807, 2.05) is 4.90 Å². The first-order chi connectivity index (χ1) is 20.7. The van der Waals surface area contributed by atoms with Crippen molar-refractivity contribution in [2.24, 2.45) is 5.92 Å². The summed E-state index contributed by atoms with van der Waals surface area (Å²) >= 11 is 0. The van der Waals surface area contributed by atoms with Crippen molar-refractivity contribution in [3.8, 4) is 0 Å². The molecule has 43 heavy (non-hydrogen) atoms. The van der Waals surface area contributed by atoms with Crippen LogP contribution in [-0.4, -0.2) is 68.9 Å². The number of imide groups is 1. The van der Waals surface area contributed by atoms with Crippen LogP contribution < -0.4 is 4.90 Å². The fraction of sp³-hybridized carbons (Fsp3) is 0.276. The fourth-order valence-corrected chi connectivity index (χ4v) is 5.61. The van der Waals surface area contributed by atoms with Gasteiger partial charge in [0, 0.05) is 12.6 Å². The second-order valence-corrected chi connectivity index (χ2v) is 10.5. The summed E-state index contributed by atoms with van der Waals surface area (Å²) in [6, 6.07) is 12.3. The van der Waals surface area contributed by atoms with Gasteiger partial charge in [-0.15, -0.1) is 0 Å². The highest BCUT2D eigenvalue weighted by molar-refractivity contribution is 6.21. The average Bonchev–Trinajstić information content (AvgIpc) is 3.57. The number of nitrogens with zero attached hydrogens (tertiary/aromatic N) is 6. The molecule has 1 saturated heterocycles. The van der Waals surface area contributed by atoms with Crippen molar-refractivity contribution in [3.63, 3.8) is 0 Å². The number of nitro groups is 1.